The molecule has 7 aromatic rings. The number of para-hydroxylation sites is 2. The van der Waals surface area contributed by atoms with Gasteiger partial charge in [0.25, 0.3) is 0 Å². The van der Waals surface area contributed by atoms with E-state index in [1.54, 1.807) is 6.07 Å². The highest BCUT2D eigenvalue weighted by Gasteiger charge is 2.30. The minimum Gasteiger partial charge on any atom is -0.278 e. The van der Waals surface area contributed by atoms with E-state index >= 15 is 0 Å². The summed E-state index contributed by atoms with van der Waals surface area (Å²) in [5.74, 6) is 1.55. The van der Waals surface area contributed by atoms with Crippen molar-refractivity contribution in [1.29, 1.82) is 5.26 Å². The molecule has 0 bridgehead atoms. The van der Waals surface area contributed by atoms with E-state index in [1.807, 2.05) is 72.8 Å². The predicted molar refractivity (Wildman–Crippen MR) is 162 cm³/mol. The van der Waals surface area contributed by atoms with E-state index in [0.29, 0.717) is 23.2 Å². The molecule has 1 aliphatic heterocycles. The third kappa shape index (κ3) is 3.64. The van der Waals surface area contributed by atoms with Gasteiger partial charge in [-0.05, 0) is 35.7 Å². The van der Waals surface area contributed by atoms with Crippen molar-refractivity contribution in [2.24, 2.45) is 0 Å². The maximum atomic E-state index is 9.55. The number of hydrogen-bond donors (Lipinski definition) is 0. The summed E-state index contributed by atoms with van der Waals surface area (Å²) in [7, 11) is 0. The molecule has 0 amide bonds. The van der Waals surface area contributed by atoms with Crippen LogP contribution < -0.4 is 4.90 Å². The number of benzene rings is 5. The van der Waals surface area contributed by atoms with Crippen LogP contribution in [-0.2, 0) is 0 Å². The minimum atomic E-state index is 0.495. The van der Waals surface area contributed by atoms with E-state index in [-0.39, 0.29) is 0 Å². The van der Waals surface area contributed by atoms with Crippen LogP contribution in [-0.4, -0.2) is 19.9 Å². The molecular weight excluding hydrogens is 504 g/mol. The lowest BCUT2D eigenvalue weighted by molar-refractivity contribution is 1.02. The maximum absolute atomic E-state index is 9.55. The standard InChI is InChI=1S/C35H20N6/c36-21-22-10-8-13-24(20-22)34-38-33(23-11-2-1-3-12-23)39-35(40-34)41-29-18-7-5-15-27(29)32-31-26(16-9-19-30(31)41)25-14-4-6-17-28(25)37-32/h1-20H. The van der Waals surface area contributed by atoms with Crippen LogP contribution >= 0.6 is 0 Å². The van der Waals surface area contributed by atoms with Gasteiger partial charge >= 0.3 is 0 Å². The Hall–Kier alpha value is -5.93. The summed E-state index contributed by atoms with van der Waals surface area (Å²) in [6.45, 7) is 0. The fourth-order valence-corrected chi connectivity index (χ4v) is 5.62. The first kappa shape index (κ1) is 23.0. The lowest BCUT2D eigenvalue weighted by Crippen LogP contribution is -2.19. The van der Waals surface area contributed by atoms with Crippen molar-refractivity contribution in [2.75, 3.05) is 4.90 Å². The number of pyridine rings is 1. The van der Waals surface area contributed by atoms with Crippen molar-refractivity contribution >= 4 is 39.0 Å². The average molecular weight is 525 g/mol. The predicted octanol–water partition coefficient (Wildman–Crippen LogP) is 8.23. The molecule has 1 aliphatic rings. The van der Waals surface area contributed by atoms with Gasteiger partial charge in [0.15, 0.2) is 11.6 Å². The average Bonchev–Trinajstić information content (AvgIpc) is 3.05. The first-order valence-electron chi connectivity index (χ1n) is 13.3. The molecular formula is C35H20N6. The van der Waals surface area contributed by atoms with Crippen molar-refractivity contribution in [3.8, 4) is 40.1 Å². The second kappa shape index (κ2) is 9.08. The Balaban J connectivity index is 1.45. The smallest absolute Gasteiger partial charge is 0.238 e. The zero-order chi connectivity index (χ0) is 27.3. The number of hydrogen-bond acceptors (Lipinski definition) is 6. The molecule has 41 heavy (non-hydrogen) atoms. The fraction of sp³-hybridized carbons (Fsp3) is 0. The van der Waals surface area contributed by atoms with Crippen molar-refractivity contribution < 1.29 is 0 Å². The Morgan fingerprint density at radius 3 is 2.12 bits per heavy atom. The zero-order valence-corrected chi connectivity index (χ0v) is 21.7. The molecule has 8 rings (SSSR count). The summed E-state index contributed by atoms with van der Waals surface area (Å²) < 4.78 is 0. The van der Waals surface area contributed by atoms with Crippen LogP contribution in [0.3, 0.4) is 0 Å². The van der Waals surface area contributed by atoms with Crippen LogP contribution in [0.5, 0.6) is 0 Å². The van der Waals surface area contributed by atoms with E-state index in [1.165, 1.54) is 0 Å². The van der Waals surface area contributed by atoms with Crippen LogP contribution in [0, 0.1) is 11.3 Å². The number of rotatable bonds is 3. The summed E-state index contributed by atoms with van der Waals surface area (Å²) in [6.07, 6.45) is 0. The first-order valence-corrected chi connectivity index (χ1v) is 13.3. The van der Waals surface area contributed by atoms with Gasteiger partial charge in [0.1, 0.15) is 0 Å². The van der Waals surface area contributed by atoms with Crippen molar-refractivity contribution in [3.05, 3.63) is 127 Å². The summed E-state index contributed by atoms with van der Waals surface area (Å²) in [5, 5.41) is 12.8. The molecule has 5 aromatic carbocycles. The molecule has 6 nitrogen and oxygen atoms in total. The fourth-order valence-electron chi connectivity index (χ4n) is 5.62. The summed E-state index contributed by atoms with van der Waals surface area (Å²) >= 11 is 0. The van der Waals surface area contributed by atoms with Crippen LogP contribution in [0.2, 0.25) is 0 Å². The molecule has 2 aromatic heterocycles. The molecule has 190 valence electrons. The zero-order valence-electron chi connectivity index (χ0n) is 21.7. The highest BCUT2D eigenvalue weighted by atomic mass is 15.3. The number of nitrogens with zero attached hydrogens (tertiary/aromatic N) is 6. The van der Waals surface area contributed by atoms with Gasteiger partial charge in [-0.2, -0.15) is 15.2 Å². The quantitative estimate of drug-likeness (QED) is 0.217. The third-order valence-electron chi connectivity index (χ3n) is 7.45. The Labute approximate surface area is 235 Å². The van der Waals surface area contributed by atoms with Gasteiger partial charge in [-0.25, -0.2) is 9.97 Å². The Bertz CT molecular complexity index is 2180. The first-order chi connectivity index (χ1) is 20.3. The van der Waals surface area contributed by atoms with Crippen molar-refractivity contribution in [3.63, 3.8) is 0 Å². The lowest BCUT2D eigenvalue weighted by Gasteiger charge is -2.31. The Morgan fingerprint density at radius 1 is 0.561 bits per heavy atom. The van der Waals surface area contributed by atoms with Crippen LogP contribution in [0.4, 0.5) is 17.3 Å². The largest absolute Gasteiger partial charge is 0.278 e. The van der Waals surface area contributed by atoms with Crippen LogP contribution in [0.1, 0.15) is 5.56 Å². The molecule has 0 unspecified atom stereocenters. The molecule has 0 saturated heterocycles. The molecule has 0 fully saturated rings. The summed E-state index contributed by atoms with van der Waals surface area (Å²) in [4.78, 5) is 22.2. The molecule has 0 aliphatic carbocycles. The van der Waals surface area contributed by atoms with Crippen molar-refractivity contribution in [2.45, 2.75) is 0 Å². The van der Waals surface area contributed by atoms with Gasteiger partial charge in [0.05, 0.1) is 34.2 Å². The molecule has 0 saturated carbocycles. The Morgan fingerprint density at radius 2 is 1.24 bits per heavy atom. The second-order valence-corrected chi connectivity index (χ2v) is 9.87. The topological polar surface area (TPSA) is 78.6 Å². The van der Waals surface area contributed by atoms with Crippen LogP contribution in [0.25, 0.3) is 55.7 Å². The van der Waals surface area contributed by atoms with Crippen molar-refractivity contribution in [1.82, 2.24) is 19.9 Å². The van der Waals surface area contributed by atoms with Gasteiger partial charge in [0.2, 0.25) is 5.95 Å². The molecule has 0 radical (unpaired) electrons. The van der Waals surface area contributed by atoms with E-state index in [0.717, 1.165) is 55.4 Å². The normalized spacial score (nSPS) is 11.8. The van der Waals surface area contributed by atoms with E-state index < -0.39 is 0 Å². The van der Waals surface area contributed by atoms with Gasteiger partial charge < -0.3 is 0 Å². The van der Waals surface area contributed by atoms with Crippen LogP contribution in [0.15, 0.2) is 121 Å². The van der Waals surface area contributed by atoms with E-state index in [4.69, 9.17) is 19.9 Å². The number of aromatic nitrogens is 4. The molecule has 0 atom stereocenters. The summed E-state index contributed by atoms with van der Waals surface area (Å²) in [5.41, 5.74) is 6.99. The SMILES string of the molecule is N#Cc1cccc(-c2nc(-c3ccccc3)nc(N3c4ccccc4-c4nc5ccccc5c5cccc3c45)n2)c1. The monoisotopic (exact) mass is 524 g/mol. The Kier molecular flexibility index (Phi) is 5.09. The molecule has 0 spiro atoms. The number of anilines is 3. The van der Waals surface area contributed by atoms with E-state index in [2.05, 4.69) is 53.4 Å². The maximum Gasteiger partial charge on any atom is 0.238 e. The lowest BCUT2D eigenvalue weighted by atomic mass is 9.93. The molecule has 0 N–H and O–H groups in total. The molecule has 3 heterocycles. The minimum absolute atomic E-state index is 0.495. The number of nitriles is 1. The highest BCUT2D eigenvalue weighted by Crippen LogP contribution is 2.50. The second-order valence-electron chi connectivity index (χ2n) is 9.87. The molecule has 6 heteroatoms. The highest BCUT2D eigenvalue weighted by molar-refractivity contribution is 6.19. The van der Waals surface area contributed by atoms with Gasteiger partial charge in [-0.1, -0.05) is 91.0 Å². The summed E-state index contributed by atoms with van der Waals surface area (Å²) in [6, 6.07) is 42.3. The third-order valence-corrected chi connectivity index (χ3v) is 7.45. The van der Waals surface area contributed by atoms with Gasteiger partial charge in [-0.15, -0.1) is 0 Å². The number of fused-ring (bicyclic) bond motifs is 4. The van der Waals surface area contributed by atoms with Gasteiger partial charge in [0, 0.05) is 27.5 Å². The van der Waals surface area contributed by atoms with Gasteiger partial charge in [-0.3, -0.25) is 4.90 Å². The van der Waals surface area contributed by atoms with E-state index in [9.17, 15) is 5.26 Å².